The fourth-order valence-corrected chi connectivity index (χ4v) is 3.61. The number of fused-ring (bicyclic) bond motifs is 2. The van der Waals surface area contributed by atoms with E-state index in [4.69, 9.17) is 9.15 Å². The van der Waals surface area contributed by atoms with Gasteiger partial charge in [-0.15, -0.1) is 0 Å². The van der Waals surface area contributed by atoms with Crippen molar-refractivity contribution in [2.45, 2.75) is 26.4 Å². The molecule has 1 aromatic heterocycles. The van der Waals surface area contributed by atoms with Gasteiger partial charge in [0.25, 0.3) is 0 Å². The maximum absolute atomic E-state index is 6.07. The summed E-state index contributed by atoms with van der Waals surface area (Å²) in [5.74, 6) is 1.97. The van der Waals surface area contributed by atoms with Crippen molar-refractivity contribution in [1.82, 2.24) is 4.98 Å². The van der Waals surface area contributed by atoms with Gasteiger partial charge >= 0.3 is 0 Å². The van der Waals surface area contributed by atoms with Crippen LogP contribution in [0.1, 0.15) is 30.9 Å². The van der Waals surface area contributed by atoms with Crippen LogP contribution in [0.25, 0.3) is 33.3 Å². The second-order valence-corrected chi connectivity index (χ2v) is 7.90. The first-order chi connectivity index (χ1) is 14.7. The largest absolute Gasteiger partial charge is 0.489 e. The highest BCUT2D eigenvalue weighted by molar-refractivity contribution is 5.88. The van der Waals surface area contributed by atoms with Crippen molar-refractivity contribution >= 4 is 21.9 Å². The predicted molar refractivity (Wildman–Crippen MR) is 122 cm³/mol. The summed E-state index contributed by atoms with van der Waals surface area (Å²) in [5.41, 5.74) is 5.11. The highest BCUT2D eigenvalue weighted by atomic mass is 16.5. The molecule has 148 valence electrons. The van der Waals surface area contributed by atoms with E-state index >= 15 is 0 Å². The third-order valence-corrected chi connectivity index (χ3v) is 5.39. The average molecular weight is 393 g/mol. The van der Waals surface area contributed by atoms with Crippen LogP contribution in [0.4, 0.5) is 0 Å². The Kier molecular flexibility index (Phi) is 4.72. The normalized spacial score (nSPS) is 11.4. The van der Waals surface area contributed by atoms with Gasteiger partial charge < -0.3 is 9.15 Å². The van der Waals surface area contributed by atoms with E-state index in [1.54, 1.807) is 0 Å². The number of ether oxygens (including phenoxy) is 1. The molecule has 0 saturated heterocycles. The zero-order valence-corrected chi connectivity index (χ0v) is 17.1. The summed E-state index contributed by atoms with van der Waals surface area (Å²) < 4.78 is 12.0. The van der Waals surface area contributed by atoms with E-state index in [1.807, 2.05) is 30.3 Å². The summed E-state index contributed by atoms with van der Waals surface area (Å²) >= 11 is 0. The quantitative estimate of drug-likeness (QED) is 0.313. The lowest BCUT2D eigenvalue weighted by molar-refractivity contribution is 0.306. The third-order valence-electron chi connectivity index (χ3n) is 5.39. The molecule has 4 aromatic carbocycles. The molecule has 0 aliphatic rings. The van der Waals surface area contributed by atoms with E-state index in [-0.39, 0.29) is 0 Å². The van der Waals surface area contributed by atoms with Crippen LogP contribution in [-0.4, -0.2) is 4.98 Å². The van der Waals surface area contributed by atoms with Crippen molar-refractivity contribution in [3.63, 3.8) is 0 Å². The molecule has 0 amide bonds. The van der Waals surface area contributed by atoms with Crippen molar-refractivity contribution in [3.05, 3.63) is 96.1 Å². The molecule has 0 radical (unpaired) electrons. The molecule has 30 heavy (non-hydrogen) atoms. The topological polar surface area (TPSA) is 35.3 Å². The first-order valence-corrected chi connectivity index (χ1v) is 10.3. The summed E-state index contributed by atoms with van der Waals surface area (Å²) in [4.78, 5) is 4.68. The van der Waals surface area contributed by atoms with Crippen molar-refractivity contribution in [1.29, 1.82) is 0 Å². The van der Waals surface area contributed by atoms with Crippen molar-refractivity contribution in [3.8, 4) is 17.2 Å². The molecule has 3 heteroatoms. The van der Waals surface area contributed by atoms with E-state index in [0.717, 1.165) is 38.7 Å². The number of oxazole rings is 1. The molecule has 5 aromatic rings. The van der Waals surface area contributed by atoms with Crippen LogP contribution in [-0.2, 0) is 6.61 Å². The molecular formula is C27H23NO2. The van der Waals surface area contributed by atoms with Gasteiger partial charge in [-0.05, 0) is 64.2 Å². The third kappa shape index (κ3) is 3.67. The summed E-state index contributed by atoms with van der Waals surface area (Å²) in [7, 11) is 0. The van der Waals surface area contributed by atoms with Crippen molar-refractivity contribution < 1.29 is 9.15 Å². The van der Waals surface area contributed by atoms with E-state index in [2.05, 4.69) is 73.4 Å². The second kappa shape index (κ2) is 7.68. The monoisotopic (exact) mass is 393 g/mol. The smallest absolute Gasteiger partial charge is 0.227 e. The average Bonchev–Trinajstić information content (AvgIpc) is 3.21. The van der Waals surface area contributed by atoms with E-state index < -0.39 is 0 Å². The minimum atomic E-state index is 0.460. The first-order valence-electron chi connectivity index (χ1n) is 10.3. The molecule has 0 N–H and O–H groups in total. The highest BCUT2D eigenvalue weighted by Gasteiger charge is 2.11. The van der Waals surface area contributed by atoms with E-state index in [1.165, 1.54) is 5.56 Å². The summed E-state index contributed by atoms with van der Waals surface area (Å²) in [6.07, 6.45) is 0. The summed E-state index contributed by atoms with van der Waals surface area (Å²) in [6.45, 7) is 4.92. The van der Waals surface area contributed by atoms with Crippen LogP contribution < -0.4 is 4.74 Å². The first kappa shape index (κ1) is 18.4. The number of rotatable bonds is 5. The Hall–Kier alpha value is -3.59. The Bertz CT molecular complexity index is 1320. The molecule has 1 heterocycles. The van der Waals surface area contributed by atoms with Gasteiger partial charge in [-0.3, -0.25) is 0 Å². The molecule has 5 rings (SSSR count). The van der Waals surface area contributed by atoms with Crippen LogP contribution >= 0.6 is 0 Å². The molecule has 0 fully saturated rings. The number of hydrogen-bond acceptors (Lipinski definition) is 3. The number of nitrogens with zero attached hydrogens (tertiary/aromatic N) is 1. The van der Waals surface area contributed by atoms with E-state index in [0.29, 0.717) is 18.4 Å². The summed E-state index contributed by atoms with van der Waals surface area (Å²) in [6, 6.07) is 28.9. The SMILES string of the molecule is CC(C)c1ccc2nc(-c3ccc4cc(OCc5ccccc5)ccc4c3)oc2c1. The van der Waals surface area contributed by atoms with Crippen molar-refractivity contribution in [2.24, 2.45) is 0 Å². The Balaban J connectivity index is 1.41. The molecular weight excluding hydrogens is 370 g/mol. The van der Waals surface area contributed by atoms with Gasteiger partial charge in [0.1, 0.15) is 17.9 Å². The van der Waals surface area contributed by atoms with Gasteiger partial charge in [0.2, 0.25) is 5.89 Å². The highest BCUT2D eigenvalue weighted by Crippen LogP contribution is 2.30. The maximum atomic E-state index is 6.07. The Morgan fingerprint density at radius 1 is 0.833 bits per heavy atom. The predicted octanol–water partition coefficient (Wildman–Crippen LogP) is 7.35. The van der Waals surface area contributed by atoms with Crippen LogP contribution in [0.15, 0.2) is 89.3 Å². The molecule has 0 aliphatic heterocycles. The van der Waals surface area contributed by atoms with Crippen LogP contribution in [0, 0.1) is 0 Å². The second-order valence-electron chi connectivity index (χ2n) is 7.90. The zero-order valence-electron chi connectivity index (χ0n) is 17.1. The zero-order chi connectivity index (χ0) is 20.5. The Morgan fingerprint density at radius 2 is 1.63 bits per heavy atom. The summed E-state index contributed by atoms with van der Waals surface area (Å²) in [5, 5.41) is 2.26. The van der Waals surface area contributed by atoms with Gasteiger partial charge in [-0.25, -0.2) is 4.98 Å². The maximum Gasteiger partial charge on any atom is 0.227 e. The van der Waals surface area contributed by atoms with Gasteiger partial charge in [0.15, 0.2) is 5.58 Å². The lowest BCUT2D eigenvalue weighted by Crippen LogP contribution is -1.94. The standard InChI is InChI=1S/C27H23NO2/c1-18(2)20-11-13-25-26(16-20)30-27(28-25)23-9-8-22-15-24(12-10-21(22)14-23)29-17-19-6-4-3-5-7-19/h3-16,18H,17H2,1-2H3. The number of hydrogen-bond donors (Lipinski definition) is 0. The minimum Gasteiger partial charge on any atom is -0.489 e. The molecule has 0 aliphatic carbocycles. The fraction of sp³-hybridized carbons (Fsp3) is 0.148. The molecule has 0 spiro atoms. The minimum absolute atomic E-state index is 0.460. The molecule has 0 unspecified atom stereocenters. The fourth-order valence-electron chi connectivity index (χ4n) is 3.61. The number of benzene rings is 4. The van der Waals surface area contributed by atoms with Gasteiger partial charge in [0, 0.05) is 5.56 Å². The molecule has 0 atom stereocenters. The van der Waals surface area contributed by atoms with Crippen molar-refractivity contribution in [2.75, 3.05) is 0 Å². The van der Waals surface area contributed by atoms with Crippen LogP contribution in [0.5, 0.6) is 5.75 Å². The number of aromatic nitrogens is 1. The Labute approximate surface area is 175 Å². The Morgan fingerprint density at radius 3 is 2.47 bits per heavy atom. The van der Waals surface area contributed by atoms with Crippen LogP contribution in [0.3, 0.4) is 0 Å². The molecule has 0 bridgehead atoms. The lowest BCUT2D eigenvalue weighted by Gasteiger charge is -2.08. The van der Waals surface area contributed by atoms with Gasteiger partial charge in [-0.2, -0.15) is 0 Å². The lowest BCUT2D eigenvalue weighted by atomic mass is 10.0. The van der Waals surface area contributed by atoms with Gasteiger partial charge in [-0.1, -0.05) is 62.4 Å². The van der Waals surface area contributed by atoms with Crippen LogP contribution in [0.2, 0.25) is 0 Å². The van der Waals surface area contributed by atoms with Gasteiger partial charge in [0.05, 0.1) is 0 Å². The molecule has 3 nitrogen and oxygen atoms in total. The molecule has 0 saturated carbocycles. The van der Waals surface area contributed by atoms with E-state index in [9.17, 15) is 0 Å².